The molecule has 18 heteroatoms. The lowest BCUT2D eigenvalue weighted by atomic mass is 10.1. The SMILES string of the molecule is CC/C=C\C/C=C\C/C=C\C/C=C\C/C=C\CCCCCCCCCCCC(=O)OCC(O)COP(=O)(O)OCC(O)COP(=O)(O)OCC(COC(=O)CCCCCCCCCCC/C=C\C/C=C\C/C=C\C/C=C\C/C=C\CC)OC(=O)CCCCCCC/C=C\C/C=C\CCCCC. The Hall–Kier alpha value is -4.57. The predicted molar refractivity (Wildman–Crippen MR) is 417 cm³/mol. The van der Waals surface area contributed by atoms with Gasteiger partial charge in [0, 0.05) is 19.3 Å². The van der Waals surface area contributed by atoms with Crippen LogP contribution in [0.2, 0.25) is 0 Å². The number of rotatable bonds is 73. The zero-order valence-electron chi connectivity index (χ0n) is 63.0. The first-order valence-corrected chi connectivity index (χ1v) is 42.1. The van der Waals surface area contributed by atoms with Crippen LogP contribution >= 0.6 is 15.6 Å². The van der Waals surface area contributed by atoms with Crippen LogP contribution < -0.4 is 0 Å². The maximum absolute atomic E-state index is 13.0. The van der Waals surface area contributed by atoms with Gasteiger partial charge in [0.1, 0.15) is 25.4 Å². The van der Waals surface area contributed by atoms with Gasteiger partial charge in [-0.05, 0) is 141 Å². The number of carbonyl (C=O) groups is 3. The van der Waals surface area contributed by atoms with E-state index in [0.29, 0.717) is 19.3 Å². The second-order valence-electron chi connectivity index (χ2n) is 25.7. The van der Waals surface area contributed by atoms with Gasteiger partial charge in [-0.25, -0.2) is 9.13 Å². The van der Waals surface area contributed by atoms with Gasteiger partial charge in [-0.3, -0.25) is 32.5 Å². The highest BCUT2D eigenvalue weighted by atomic mass is 31.2. The van der Waals surface area contributed by atoms with E-state index in [1.165, 1.54) is 70.6 Å². The van der Waals surface area contributed by atoms with Gasteiger partial charge in [-0.2, -0.15) is 0 Å². The van der Waals surface area contributed by atoms with Crippen LogP contribution in [0.3, 0.4) is 0 Å². The molecule has 0 rings (SSSR count). The Morgan fingerprint density at radius 1 is 0.287 bits per heavy atom. The van der Waals surface area contributed by atoms with Crippen molar-refractivity contribution < 1.29 is 75.8 Å². The molecule has 0 aromatic rings. The van der Waals surface area contributed by atoms with Crippen molar-refractivity contribution in [1.29, 1.82) is 0 Å². The minimum Gasteiger partial charge on any atom is -0.463 e. The van der Waals surface area contributed by atoms with Crippen LogP contribution in [-0.2, 0) is 55.8 Å². The van der Waals surface area contributed by atoms with Gasteiger partial charge in [-0.1, -0.05) is 289 Å². The second kappa shape index (κ2) is 75.1. The van der Waals surface area contributed by atoms with E-state index in [2.05, 4.69) is 167 Å². The fraction of sp³-hybridized carbons (Fsp3) is 0.675. The largest absolute Gasteiger partial charge is 0.472 e. The zero-order valence-corrected chi connectivity index (χ0v) is 64.8. The molecule has 0 fully saturated rings. The summed E-state index contributed by atoms with van der Waals surface area (Å²) >= 11 is 0. The fourth-order valence-electron chi connectivity index (χ4n) is 10.1. The Labute approximate surface area is 613 Å². The van der Waals surface area contributed by atoms with Crippen LogP contribution in [0.15, 0.2) is 146 Å². The van der Waals surface area contributed by atoms with Crippen molar-refractivity contribution >= 4 is 33.6 Å². The summed E-state index contributed by atoms with van der Waals surface area (Å²) in [6.07, 6.45) is 91.7. The summed E-state index contributed by atoms with van der Waals surface area (Å²) in [4.78, 5) is 58.7. The van der Waals surface area contributed by atoms with Crippen molar-refractivity contribution in [2.45, 2.75) is 322 Å². The number of unbranched alkanes of at least 4 members (excludes halogenated alkanes) is 26. The Kier molecular flexibility index (Phi) is 71.7. The molecule has 0 aliphatic heterocycles. The molecule has 5 unspecified atom stereocenters. The molecule has 0 saturated carbocycles. The summed E-state index contributed by atoms with van der Waals surface area (Å²) in [7, 11) is -9.80. The summed E-state index contributed by atoms with van der Waals surface area (Å²) in [5.41, 5.74) is 0. The van der Waals surface area contributed by atoms with E-state index in [4.69, 9.17) is 32.3 Å². The number of phosphoric acid groups is 2. The number of ether oxygens (including phenoxy) is 3. The first-order chi connectivity index (χ1) is 49.2. The van der Waals surface area contributed by atoms with Crippen LogP contribution in [0.25, 0.3) is 0 Å². The smallest absolute Gasteiger partial charge is 0.463 e. The molecular weight excluding hydrogens is 1310 g/mol. The topological polar surface area (TPSA) is 231 Å². The number of esters is 3. The molecule has 0 radical (unpaired) electrons. The second-order valence-corrected chi connectivity index (χ2v) is 28.7. The highest BCUT2D eigenvalue weighted by molar-refractivity contribution is 7.47. The minimum absolute atomic E-state index is 0.0837. The summed E-state index contributed by atoms with van der Waals surface area (Å²) in [5, 5.41) is 20.6. The monoisotopic (exact) mass is 1450 g/mol. The van der Waals surface area contributed by atoms with Crippen molar-refractivity contribution in [2.24, 2.45) is 0 Å². The molecule has 0 aromatic heterocycles. The summed E-state index contributed by atoms with van der Waals surface area (Å²) in [5.74, 6) is -1.60. The molecule has 578 valence electrons. The summed E-state index contributed by atoms with van der Waals surface area (Å²) in [6, 6.07) is 0. The molecule has 0 aliphatic carbocycles. The predicted octanol–water partition coefficient (Wildman–Crippen LogP) is 22.9. The molecule has 0 amide bonds. The van der Waals surface area contributed by atoms with Gasteiger partial charge in [0.2, 0.25) is 0 Å². The molecule has 0 bridgehead atoms. The highest BCUT2D eigenvalue weighted by Gasteiger charge is 2.29. The average Bonchev–Trinajstić information content (AvgIpc) is 1.19. The lowest BCUT2D eigenvalue weighted by Gasteiger charge is -2.21. The van der Waals surface area contributed by atoms with Crippen LogP contribution in [0, 0.1) is 0 Å². The van der Waals surface area contributed by atoms with Gasteiger partial charge in [0.15, 0.2) is 6.10 Å². The summed E-state index contributed by atoms with van der Waals surface area (Å²) < 4.78 is 61.1. The molecule has 101 heavy (non-hydrogen) atoms. The Bertz CT molecular complexity index is 2420. The molecule has 4 N–H and O–H groups in total. The molecule has 16 nitrogen and oxygen atoms in total. The number of allylic oxidation sites excluding steroid dienone is 24. The summed E-state index contributed by atoms with van der Waals surface area (Å²) in [6.45, 7) is 2.40. The van der Waals surface area contributed by atoms with Crippen LogP contribution in [0.5, 0.6) is 0 Å². The number of hydrogen-bond acceptors (Lipinski definition) is 14. The zero-order chi connectivity index (χ0) is 73.7. The molecule has 0 heterocycles. The third-order valence-corrected chi connectivity index (χ3v) is 17.9. The fourth-order valence-corrected chi connectivity index (χ4v) is 11.7. The van der Waals surface area contributed by atoms with Gasteiger partial charge in [0.05, 0.1) is 26.4 Å². The van der Waals surface area contributed by atoms with Gasteiger partial charge in [-0.15, -0.1) is 0 Å². The van der Waals surface area contributed by atoms with E-state index in [1.54, 1.807) is 0 Å². The first-order valence-electron chi connectivity index (χ1n) is 39.1. The lowest BCUT2D eigenvalue weighted by Crippen LogP contribution is -2.30. The number of phosphoric ester groups is 2. The van der Waals surface area contributed by atoms with Gasteiger partial charge < -0.3 is 34.2 Å². The molecule has 0 saturated heterocycles. The van der Waals surface area contributed by atoms with Crippen molar-refractivity contribution in [3.63, 3.8) is 0 Å². The van der Waals surface area contributed by atoms with Crippen molar-refractivity contribution in [1.82, 2.24) is 0 Å². The first kappa shape index (κ1) is 96.4. The average molecular weight is 1460 g/mol. The quantitative estimate of drug-likeness (QED) is 0.0146. The van der Waals surface area contributed by atoms with Crippen LogP contribution in [-0.4, -0.2) is 95.9 Å². The Morgan fingerprint density at radius 3 is 0.832 bits per heavy atom. The Morgan fingerprint density at radius 2 is 0.525 bits per heavy atom. The van der Waals surface area contributed by atoms with E-state index < -0.39 is 91.5 Å². The number of aliphatic hydroxyl groups excluding tert-OH is 2. The minimum atomic E-state index is -4.94. The van der Waals surface area contributed by atoms with Crippen LogP contribution in [0.1, 0.15) is 303 Å². The van der Waals surface area contributed by atoms with Crippen LogP contribution in [0.4, 0.5) is 0 Å². The normalized spacial score (nSPS) is 14.8. The van der Waals surface area contributed by atoms with E-state index in [9.17, 15) is 43.5 Å². The third-order valence-electron chi connectivity index (χ3n) is 16.0. The Balaban J connectivity index is 4.62. The van der Waals surface area contributed by atoms with Crippen molar-refractivity contribution in [3.8, 4) is 0 Å². The molecule has 0 aliphatic rings. The number of carbonyl (C=O) groups excluding carboxylic acids is 3. The highest BCUT2D eigenvalue weighted by Crippen LogP contribution is 2.45. The number of hydrogen-bond donors (Lipinski definition) is 4. The number of aliphatic hydroxyl groups is 2. The van der Waals surface area contributed by atoms with Crippen molar-refractivity contribution in [2.75, 3.05) is 39.6 Å². The van der Waals surface area contributed by atoms with Crippen molar-refractivity contribution in [3.05, 3.63) is 146 Å². The lowest BCUT2D eigenvalue weighted by molar-refractivity contribution is -0.161. The van der Waals surface area contributed by atoms with E-state index in [1.807, 2.05) is 0 Å². The molecule has 0 spiro atoms. The van der Waals surface area contributed by atoms with E-state index in [-0.39, 0.29) is 19.3 Å². The molecule has 5 atom stereocenters. The molecular formula is C83H140O16P2. The third kappa shape index (κ3) is 76.4. The van der Waals surface area contributed by atoms with E-state index >= 15 is 0 Å². The maximum Gasteiger partial charge on any atom is 0.472 e. The molecule has 0 aromatic carbocycles. The van der Waals surface area contributed by atoms with Gasteiger partial charge in [0.25, 0.3) is 0 Å². The standard InChI is InChI=1S/C83H140O16P2/c1-4-7-10-13-16-19-22-25-28-30-32-34-36-38-40-42-44-46-49-51-54-57-60-63-66-69-81(86)93-72-78(84)73-95-100(89,90)96-74-79(85)75-97-101(91,92)98-77-80(99-83(88)71-68-65-62-59-56-53-48-27-24-21-18-15-12-9-6-3)76-94-82(87)70-67-64-61-58-55-52-50-47-45-43-41-39-37-35-33-31-29-26-23-20-17-14-11-8-5-2/h7-8,10-11,16-21,25-29,32-35,38-41,48,78-80,84-85H,4-6,9,12-15,22-24,30-31,36-37,42-47,49-77H2,1-3H3,(H,89,90)(H,91,92)/b10-7-,11-8-,19-16-,20-17-,21-18-,28-25-,29-26-,34-32-,35-33-,40-38-,41-39-,48-27-. The van der Waals surface area contributed by atoms with Gasteiger partial charge >= 0.3 is 33.6 Å². The maximum atomic E-state index is 13.0. The van der Waals surface area contributed by atoms with E-state index in [0.717, 1.165) is 173 Å².